The molecule has 0 aliphatic rings. The van der Waals surface area contributed by atoms with Gasteiger partial charge in [-0.15, -0.1) is 0 Å². The van der Waals surface area contributed by atoms with E-state index in [1.807, 2.05) is 20.8 Å². The lowest BCUT2D eigenvalue weighted by Crippen LogP contribution is -2.20. The summed E-state index contributed by atoms with van der Waals surface area (Å²) in [6, 6.07) is 4.96. The maximum absolute atomic E-state index is 11.6. The van der Waals surface area contributed by atoms with E-state index in [1.165, 1.54) is 12.3 Å². The number of nitrogens with zero attached hydrogens (tertiary/aromatic N) is 2. The molecule has 0 atom stereocenters. The number of hydrogen-bond donors (Lipinski definition) is 1. The molecule has 0 aliphatic heterocycles. The number of aromatic amines is 1. The minimum absolute atomic E-state index is 0.179. The molecule has 0 fully saturated rings. The third-order valence-electron chi connectivity index (χ3n) is 2.48. The summed E-state index contributed by atoms with van der Waals surface area (Å²) < 4.78 is 0. The van der Waals surface area contributed by atoms with E-state index in [2.05, 4.69) is 15.0 Å². The Balaban J connectivity index is 2.55. The first-order valence-electron chi connectivity index (χ1n) is 5.60. The van der Waals surface area contributed by atoms with Crippen LogP contribution in [0.2, 0.25) is 5.02 Å². The number of aromatic nitrogens is 3. The molecule has 2 aromatic rings. The first-order valence-corrected chi connectivity index (χ1v) is 5.98. The summed E-state index contributed by atoms with van der Waals surface area (Å²) in [5.41, 5.74) is 0.970. The van der Waals surface area contributed by atoms with Gasteiger partial charge < -0.3 is 4.98 Å². The van der Waals surface area contributed by atoms with E-state index in [9.17, 15) is 4.79 Å². The van der Waals surface area contributed by atoms with Gasteiger partial charge in [0.2, 0.25) is 0 Å². The minimum atomic E-state index is -0.185. The fourth-order valence-electron chi connectivity index (χ4n) is 1.48. The van der Waals surface area contributed by atoms with Crippen molar-refractivity contribution >= 4 is 11.6 Å². The summed E-state index contributed by atoms with van der Waals surface area (Å²) in [7, 11) is 0. The van der Waals surface area contributed by atoms with Crippen molar-refractivity contribution in [2.45, 2.75) is 26.2 Å². The molecule has 0 bridgehead atoms. The molecule has 18 heavy (non-hydrogen) atoms. The number of rotatable bonds is 1. The van der Waals surface area contributed by atoms with E-state index in [0.717, 1.165) is 5.69 Å². The number of nitrogens with one attached hydrogen (secondary N) is 1. The quantitative estimate of drug-likeness (QED) is 0.861. The summed E-state index contributed by atoms with van der Waals surface area (Å²) in [5, 5.41) is 0.549. The number of H-pyrrole nitrogens is 1. The molecule has 4 nitrogen and oxygen atoms in total. The van der Waals surface area contributed by atoms with Gasteiger partial charge >= 0.3 is 0 Å². The van der Waals surface area contributed by atoms with Gasteiger partial charge in [0.15, 0.2) is 5.82 Å². The van der Waals surface area contributed by atoms with Gasteiger partial charge in [-0.1, -0.05) is 32.4 Å². The van der Waals surface area contributed by atoms with Crippen LogP contribution < -0.4 is 5.56 Å². The molecule has 0 amide bonds. The van der Waals surface area contributed by atoms with Gasteiger partial charge in [0, 0.05) is 17.7 Å². The highest BCUT2D eigenvalue weighted by molar-refractivity contribution is 6.30. The lowest BCUT2D eigenvalue weighted by molar-refractivity contribution is 0.566. The van der Waals surface area contributed by atoms with Gasteiger partial charge in [0.1, 0.15) is 5.69 Å². The average Bonchev–Trinajstić information content (AvgIpc) is 2.28. The molecule has 2 aromatic heterocycles. The molecular formula is C13H14ClN3O. The van der Waals surface area contributed by atoms with Crippen LogP contribution >= 0.6 is 11.6 Å². The Morgan fingerprint density at radius 2 is 2.00 bits per heavy atom. The van der Waals surface area contributed by atoms with Crippen LogP contribution in [-0.2, 0) is 5.41 Å². The summed E-state index contributed by atoms with van der Waals surface area (Å²) in [6.07, 6.45) is 1.53. The topological polar surface area (TPSA) is 58.6 Å². The Hall–Kier alpha value is -1.68. The standard InChI is InChI=1S/C13H14ClN3O/c1-13(2,3)10-6-11(18)17-12(16-10)9-5-4-8(14)7-15-9/h4-7H,1-3H3,(H,16,17,18). The molecule has 5 heteroatoms. The Labute approximate surface area is 110 Å². The highest BCUT2D eigenvalue weighted by Crippen LogP contribution is 2.21. The average molecular weight is 264 g/mol. The van der Waals surface area contributed by atoms with E-state index >= 15 is 0 Å². The first kappa shape index (κ1) is 12.8. The van der Waals surface area contributed by atoms with E-state index < -0.39 is 0 Å². The molecule has 1 N–H and O–H groups in total. The van der Waals surface area contributed by atoms with Crippen LogP contribution in [0, 0.1) is 0 Å². The highest BCUT2D eigenvalue weighted by atomic mass is 35.5. The van der Waals surface area contributed by atoms with Crippen LogP contribution in [0.15, 0.2) is 29.2 Å². The van der Waals surface area contributed by atoms with E-state index in [-0.39, 0.29) is 11.0 Å². The van der Waals surface area contributed by atoms with Gasteiger partial charge in [-0.25, -0.2) is 4.98 Å². The summed E-state index contributed by atoms with van der Waals surface area (Å²) in [6.45, 7) is 6.02. The second-order valence-electron chi connectivity index (χ2n) is 5.09. The van der Waals surface area contributed by atoms with Crippen LogP contribution in [0.3, 0.4) is 0 Å². The summed E-state index contributed by atoms with van der Waals surface area (Å²) >= 11 is 5.78. The SMILES string of the molecule is CC(C)(C)c1cc(=O)[nH]c(-c2ccc(Cl)cn2)n1. The van der Waals surface area contributed by atoms with E-state index in [4.69, 9.17) is 11.6 Å². The monoisotopic (exact) mass is 263 g/mol. The van der Waals surface area contributed by atoms with E-state index in [0.29, 0.717) is 16.5 Å². The third-order valence-corrected chi connectivity index (χ3v) is 2.70. The zero-order chi connectivity index (χ0) is 13.3. The zero-order valence-corrected chi connectivity index (χ0v) is 11.2. The van der Waals surface area contributed by atoms with Gasteiger partial charge in [-0.05, 0) is 12.1 Å². The van der Waals surface area contributed by atoms with Crippen LogP contribution in [-0.4, -0.2) is 15.0 Å². The third kappa shape index (κ3) is 2.76. The molecule has 2 rings (SSSR count). The minimum Gasteiger partial charge on any atom is -0.305 e. The Morgan fingerprint density at radius 1 is 1.28 bits per heavy atom. The van der Waals surface area contributed by atoms with Crippen molar-refractivity contribution < 1.29 is 0 Å². The van der Waals surface area contributed by atoms with Crippen molar-refractivity contribution in [2.24, 2.45) is 0 Å². The van der Waals surface area contributed by atoms with Crippen molar-refractivity contribution in [3.05, 3.63) is 45.5 Å². The molecule has 0 saturated carbocycles. The Bertz CT molecular complexity index is 611. The summed E-state index contributed by atoms with van der Waals surface area (Å²) in [5.74, 6) is 0.462. The van der Waals surface area contributed by atoms with Crippen molar-refractivity contribution in [2.75, 3.05) is 0 Å². The molecule has 2 heterocycles. The van der Waals surface area contributed by atoms with Crippen molar-refractivity contribution in [3.8, 4) is 11.5 Å². The van der Waals surface area contributed by atoms with Crippen LogP contribution in [0.5, 0.6) is 0 Å². The van der Waals surface area contributed by atoms with Gasteiger partial charge in [0.05, 0.1) is 10.7 Å². The molecule has 94 valence electrons. The second-order valence-corrected chi connectivity index (χ2v) is 5.53. The molecule has 0 saturated heterocycles. The van der Waals surface area contributed by atoms with Crippen molar-refractivity contribution in [1.82, 2.24) is 15.0 Å². The van der Waals surface area contributed by atoms with Crippen molar-refractivity contribution in [1.29, 1.82) is 0 Å². The second kappa shape index (κ2) is 4.53. The Kier molecular flexibility index (Phi) is 3.22. The predicted molar refractivity (Wildman–Crippen MR) is 71.8 cm³/mol. The number of hydrogen-bond acceptors (Lipinski definition) is 3. The molecule has 0 aliphatic carbocycles. The molecule has 0 unspecified atom stereocenters. The Morgan fingerprint density at radius 3 is 2.56 bits per heavy atom. The number of pyridine rings is 1. The molecule has 0 spiro atoms. The summed E-state index contributed by atoms with van der Waals surface area (Å²) in [4.78, 5) is 22.9. The van der Waals surface area contributed by atoms with Crippen molar-refractivity contribution in [3.63, 3.8) is 0 Å². The normalized spacial score (nSPS) is 11.6. The zero-order valence-electron chi connectivity index (χ0n) is 10.5. The maximum Gasteiger partial charge on any atom is 0.251 e. The number of halogens is 1. The lowest BCUT2D eigenvalue weighted by Gasteiger charge is -2.17. The predicted octanol–water partition coefficient (Wildman–Crippen LogP) is 2.78. The fourth-order valence-corrected chi connectivity index (χ4v) is 1.59. The van der Waals surface area contributed by atoms with Gasteiger partial charge in [-0.2, -0.15) is 0 Å². The largest absolute Gasteiger partial charge is 0.305 e. The van der Waals surface area contributed by atoms with E-state index in [1.54, 1.807) is 12.1 Å². The van der Waals surface area contributed by atoms with Gasteiger partial charge in [-0.3, -0.25) is 9.78 Å². The maximum atomic E-state index is 11.6. The molecular weight excluding hydrogens is 250 g/mol. The van der Waals surface area contributed by atoms with Crippen LogP contribution in [0.1, 0.15) is 26.5 Å². The van der Waals surface area contributed by atoms with Crippen LogP contribution in [0.4, 0.5) is 0 Å². The molecule has 0 aromatic carbocycles. The van der Waals surface area contributed by atoms with Crippen LogP contribution in [0.25, 0.3) is 11.5 Å². The lowest BCUT2D eigenvalue weighted by atomic mass is 9.92. The highest BCUT2D eigenvalue weighted by Gasteiger charge is 2.17. The molecule has 0 radical (unpaired) electrons. The fraction of sp³-hybridized carbons (Fsp3) is 0.308. The smallest absolute Gasteiger partial charge is 0.251 e. The first-order chi connectivity index (χ1) is 8.36. The van der Waals surface area contributed by atoms with Gasteiger partial charge in [0.25, 0.3) is 5.56 Å².